The normalized spacial score (nSPS) is 16.0. The number of sulfonamides is 1. The lowest BCUT2D eigenvalue weighted by Crippen LogP contribution is -2.38. The lowest BCUT2D eigenvalue weighted by atomic mass is 9.99. The zero-order valence-electron chi connectivity index (χ0n) is 22.3. The summed E-state index contributed by atoms with van der Waals surface area (Å²) in [4.78, 5) is 6.87. The van der Waals surface area contributed by atoms with Crippen LogP contribution in [0, 0.1) is 5.92 Å². The Bertz CT molecular complexity index is 1440. The van der Waals surface area contributed by atoms with Gasteiger partial charge in [0.1, 0.15) is 5.82 Å². The van der Waals surface area contributed by atoms with Crippen molar-refractivity contribution in [3.63, 3.8) is 0 Å². The number of alkyl halides is 3. The van der Waals surface area contributed by atoms with Gasteiger partial charge in [-0.15, -0.1) is 0 Å². The number of nitrogens with one attached hydrogen (secondary N) is 1. The minimum absolute atomic E-state index is 0.0275. The van der Waals surface area contributed by atoms with E-state index in [0.717, 1.165) is 43.2 Å². The fourth-order valence-electron chi connectivity index (χ4n) is 4.65. The third-order valence-electron chi connectivity index (χ3n) is 7.26. The van der Waals surface area contributed by atoms with Crippen molar-refractivity contribution < 1.29 is 21.6 Å². The number of benzene rings is 2. The summed E-state index contributed by atoms with van der Waals surface area (Å²) in [6, 6.07) is 7.45. The average Bonchev–Trinajstić information content (AvgIpc) is 3.10. The minimum atomic E-state index is -4.56. The summed E-state index contributed by atoms with van der Waals surface area (Å²) in [5.74, 6) is 1.12. The van der Waals surface area contributed by atoms with E-state index in [0.29, 0.717) is 27.8 Å². The number of hydrogen-bond donors (Lipinski definition) is 1. The molecule has 3 aromatic rings. The van der Waals surface area contributed by atoms with Crippen molar-refractivity contribution in [1.82, 2.24) is 14.3 Å². The first-order valence-electron chi connectivity index (χ1n) is 12.6. The molecule has 4 rings (SSSR count). The SMILES string of the molecule is CC1CCN(c2cc3c(cc2Cl)nc(Cc2cc(CNS(=O)(=O)C(C)(C)C)ccc2C(F)(F)F)n3C)CC1. The predicted molar refractivity (Wildman–Crippen MR) is 146 cm³/mol. The number of anilines is 1. The number of aryl methyl sites for hydroxylation is 1. The lowest BCUT2D eigenvalue weighted by Gasteiger charge is -2.32. The fourth-order valence-corrected chi connectivity index (χ4v) is 5.71. The third kappa shape index (κ3) is 5.97. The van der Waals surface area contributed by atoms with Crippen LogP contribution < -0.4 is 9.62 Å². The van der Waals surface area contributed by atoms with E-state index in [1.807, 2.05) is 6.07 Å². The molecule has 0 saturated carbocycles. The Morgan fingerprint density at radius 2 is 1.76 bits per heavy atom. The zero-order valence-corrected chi connectivity index (χ0v) is 23.9. The van der Waals surface area contributed by atoms with Crippen LogP contribution >= 0.6 is 11.6 Å². The molecule has 2 aromatic carbocycles. The summed E-state index contributed by atoms with van der Waals surface area (Å²) in [7, 11) is -1.87. The van der Waals surface area contributed by atoms with E-state index in [1.54, 1.807) is 38.5 Å². The molecule has 1 aliphatic rings. The Morgan fingerprint density at radius 3 is 2.37 bits per heavy atom. The summed E-state index contributed by atoms with van der Waals surface area (Å²) in [6.45, 7) is 8.60. The van der Waals surface area contributed by atoms with Gasteiger partial charge in [-0.1, -0.05) is 30.7 Å². The molecule has 38 heavy (non-hydrogen) atoms. The molecule has 1 aliphatic heterocycles. The molecule has 1 fully saturated rings. The highest BCUT2D eigenvalue weighted by Gasteiger charge is 2.34. The molecule has 2 heterocycles. The second-order valence-electron chi connectivity index (χ2n) is 11.2. The van der Waals surface area contributed by atoms with Crippen LogP contribution in [-0.4, -0.2) is 35.8 Å². The number of imidazole rings is 1. The van der Waals surface area contributed by atoms with Crippen LogP contribution in [-0.2, 0) is 36.2 Å². The fraction of sp³-hybridized carbons (Fsp3) is 0.519. The van der Waals surface area contributed by atoms with E-state index < -0.39 is 26.5 Å². The first-order chi connectivity index (χ1) is 17.6. The number of rotatable bonds is 6. The maximum Gasteiger partial charge on any atom is 0.416 e. The zero-order chi connectivity index (χ0) is 28.0. The Morgan fingerprint density at radius 1 is 1.11 bits per heavy atom. The Labute approximate surface area is 227 Å². The minimum Gasteiger partial charge on any atom is -0.370 e. The standard InChI is InChI=1S/C27H34ClF3N4O2S/c1-17-8-10-35(11-9-17)23-15-24-22(14-21(23)28)33-25(34(24)5)13-19-12-18(6-7-20(19)27(29,30)31)16-32-38(36,37)26(2,3)4/h6-7,12,14-15,17,32H,8-11,13,16H2,1-5H3. The molecule has 11 heteroatoms. The monoisotopic (exact) mass is 570 g/mol. The van der Waals surface area contributed by atoms with Crippen molar-refractivity contribution in [2.45, 2.75) is 64.4 Å². The number of nitrogens with zero attached hydrogens (tertiary/aromatic N) is 3. The van der Waals surface area contributed by atoms with Gasteiger partial charge in [0.05, 0.1) is 32.1 Å². The molecule has 208 valence electrons. The highest BCUT2D eigenvalue weighted by molar-refractivity contribution is 7.90. The highest BCUT2D eigenvalue weighted by atomic mass is 35.5. The number of piperidine rings is 1. The van der Waals surface area contributed by atoms with E-state index in [2.05, 4.69) is 21.5 Å². The molecule has 6 nitrogen and oxygen atoms in total. The highest BCUT2D eigenvalue weighted by Crippen LogP contribution is 2.36. The first-order valence-corrected chi connectivity index (χ1v) is 14.5. The van der Waals surface area contributed by atoms with Gasteiger partial charge in [-0.2, -0.15) is 13.2 Å². The molecule has 1 N–H and O–H groups in total. The average molecular weight is 571 g/mol. The van der Waals surface area contributed by atoms with Gasteiger partial charge in [-0.25, -0.2) is 18.1 Å². The second-order valence-corrected chi connectivity index (χ2v) is 14.1. The van der Waals surface area contributed by atoms with E-state index in [9.17, 15) is 21.6 Å². The van der Waals surface area contributed by atoms with Crippen molar-refractivity contribution in [3.8, 4) is 0 Å². The van der Waals surface area contributed by atoms with E-state index in [4.69, 9.17) is 11.6 Å². The van der Waals surface area contributed by atoms with Crippen LogP contribution in [0.5, 0.6) is 0 Å². The van der Waals surface area contributed by atoms with Crippen LogP contribution in [0.15, 0.2) is 30.3 Å². The van der Waals surface area contributed by atoms with Crippen LogP contribution in [0.2, 0.25) is 5.02 Å². The van der Waals surface area contributed by atoms with Crippen LogP contribution in [0.4, 0.5) is 18.9 Å². The van der Waals surface area contributed by atoms with Gasteiger partial charge in [0, 0.05) is 33.1 Å². The topological polar surface area (TPSA) is 67.2 Å². The Kier molecular flexibility index (Phi) is 7.82. The Hall–Kier alpha value is -2.30. The van der Waals surface area contributed by atoms with Gasteiger partial charge < -0.3 is 9.47 Å². The quantitative estimate of drug-likeness (QED) is 0.378. The Balaban J connectivity index is 1.67. The number of aromatic nitrogens is 2. The lowest BCUT2D eigenvalue weighted by molar-refractivity contribution is -0.138. The van der Waals surface area contributed by atoms with Crippen LogP contribution in [0.25, 0.3) is 11.0 Å². The molecule has 0 amide bonds. The van der Waals surface area contributed by atoms with Gasteiger partial charge in [-0.3, -0.25) is 0 Å². The molecule has 0 radical (unpaired) electrons. The van der Waals surface area contributed by atoms with Crippen molar-refractivity contribution in [3.05, 3.63) is 57.9 Å². The van der Waals surface area contributed by atoms with Gasteiger partial charge in [0.25, 0.3) is 0 Å². The summed E-state index contributed by atoms with van der Waals surface area (Å²) in [5, 5.41) is 0.570. The van der Waals surface area contributed by atoms with E-state index in [1.165, 1.54) is 12.1 Å². The summed E-state index contributed by atoms with van der Waals surface area (Å²) < 4.78 is 69.8. The van der Waals surface area contributed by atoms with Crippen molar-refractivity contribution >= 4 is 38.3 Å². The number of halogens is 4. The predicted octanol–water partition coefficient (Wildman–Crippen LogP) is 6.29. The maximum absolute atomic E-state index is 13.9. The van der Waals surface area contributed by atoms with E-state index >= 15 is 0 Å². The molecular formula is C27H34ClF3N4O2S. The molecule has 0 atom stereocenters. The van der Waals surface area contributed by atoms with Gasteiger partial charge in [-0.05, 0) is 68.9 Å². The van der Waals surface area contributed by atoms with Crippen molar-refractivity contribution in [2.24, 2.45) is 13.0 Å². The number of fused-ring (bicyclic) bond motifs is 1. The smallest absolute Gasteiger partial charge is 0.370 e. The summed E-state index contributed by atoms with van der Waals surface area (Å²) >= 11 is 6.61. The maximum atomic E-state index is 13.9. The largest absolute Gasteiger partial charge is 0.416 e. The first kappa shape index (κ1) is 28.7. The molecule has 1 aromatic heterocycles. The molecular weight excluding hydrogens is 537 g/mol. The van der Waals surface area contributed by atoms with Crippen LogP contribution in [0.1, 0.15) is 63.1 Å². The van der Waals surface area contributed by atoms with Crippen LogP contribution in [0.3, 0.4) is 0 Å². The summed E-state index contributed by atoms with van der Waals surface area (Å²) in [6.07, 6.45) is -2.49. The molecule has 0 spiro atoms. The number of hydrogen-bond acceptors (Lipinski definition) is 4. The van der Waals surface area contributed by atoms with E-state index in [-0.39, 0.29) is 18.5 Å². The van der Waals surface area contributed by atoms with Gasteiger partial charge in [0.15, 0.2) is 0 Å². The van der Waals surface area contributed by atoms with Gasteiger partial charge >= 0.3 is 6.18 Å². The summed E-state index contributed by atoms with van der Waals surface area (Å²) in [5.41, 5.74) is 2.01. The van der Waals surface area contributed by atoms with Gasteiger partial charge in [0.2, 0.25) is 10.0 Å². The second kappa shape index (κ2) is 10.4. The van der Waals surface area contributed by atoms with Crippen molar-refractivity contribution in [1.29, 1.82) is 0 Å². The van der Waals surface area contributed by atoms with Crippen molar-refractivity contribution in [2.75, 3.05) is 18.0 Å². The third-order valence-corrected chi connectivity index (χ3v) is 9.70. The molecule has 0 bridgehead atoms. The molecule has 1 saturated heterocycles. The molecule has 0 aliphatic carbocycles. The molecule has 0 unspecified atom stereocenters.